The van der Waals surface area contributed by atoms with Crippen molar-refractivity contribution in [2.75, 3.05) is 11.0 Å². The molecular formula is C13H20N2O3S. The number of amides is 1. The van der Waals surface area contributed by atoms with Crippen LogP contribution in [0.2, 0.25) is 0 Å². The molecule has 0 aliphatic heterocycles. The first-order valence-electron chi connectivity index (χ1n) is 6.08. The molecule has 19 heavy (non-hydrogen) atoms. The number of carbonyl (C=O) groups excluding carboxylic acids is 1. The average Bonchev–Trinajstić information content (AvgIpc) is 2.27. The van der Waals surface area contributed by atoms with Crippen LogP contribution in [0.4, 0.5) is 5.69 Å². The van der Waals surface area contributed by atoms with Crippen molar-refractivity contribution in [1.29, 1.82) is 0 Å². The van der Waals surface area contributed by atoms with Crippen molar-refractivity contribution in [1.82, 2.24) is 5.32 Å². The molecule has 0 aliphatic rings. The summed E-state index contributed by atoms with van der Waals surface area (Å²) in [5.74, 6) is 0.0203. The lowest BCUT2D eigenvalue weighted by molar-refractivity contribution is 0.0931. The Kier molecular flexibility index (Phi) is 4.94. The smallest absolute Gasteiger partial charge is 0.253 e. The van der Waals surface area contributed by atoms with E-state index in [0.717, 1.165) is 6.26 Å². The van der Waals surface area contributed by atoms with Crippen LogP contribution < -0.4 is 10.0 Å². The molecule has 0 heterocycles. The summed E-state index contributed by atoms with van der Waals surface area (Å²) in [6.45, 7) is 5.92. The van der Waals surface area contributed by atoms with Gasteiger partial charge >= 0.3 is 0 Å². The van der Waals surface area contributed by atoms with E-state index in [1.54, 1.807) is 24.3 Å². The molecule has 106 valence electrons. The number of anilines is 1. The summed E-state index contributed by atoms with van der Waals surface area (Å²) in [6, 6.07) is 6.54. The van der Waals surface area contributed by atoms with Crippen molar-refractivity contribution in [2.45, 2.75) is 26.8 Å². The van der Waals surface area contributed by atoms with E-state index in [9.17, 15) is 13.2 Å². The lowest BCUT2D eigenvalue weighted by atomic mass is 10.1. The molecule has 1 atom stereocenters. The van der Waals surface area contributed by atoms with E-state index in [2.05, 4.69) is 10.0 Å². The summed E-state index contributed by atoms with van der Waals surface area (Å²) in [6.07, 6.45) is 1.05. The molecule has 0 spiro atoms. The van der Waals surface area contributed by atoms with Crippen molar-refractivity contribution in [2.24, 2.45) is 5.92 Å². The Morgan fingerprint density at radius 1 is 1.16 bits per heavy atom. The molecule has 1 amide bonds. The van der Waals surface area contributed by atoms with E-state index in [1.807, 2.05) is 20.8 Å². The SMILES string of the molecule is CC(C)C(C)NC(=O)c1ccccc1NS(C)(=O)=O. The van der Waals surface area contributed by atoms with Gasteiger partial charge in [0.25, 0.3) is 5.91 Å². The maximum atomic E-state index is 12.1. The Balaban J connectivity index is 2.97. The first-order chi connectivity index (χ1) is 8.70. The van der Waals surface area contributed by atoms with E-state index in [1.165, 1.54) is 0 Å². The number of rotatable bonds is 5. The van der Waals surface area contributed by atoms with E-state index in [4.69, 9.17) is 0 Å². The highest BCUT2D eigenvalue weighted by atomic mass is 32.2. The Labute approximate surface area is 114 Å². The monoisotopic (exact) mass is 284 g/mol. The van der Waals surface area contributed by atoms with Gasteiger partial charge in [0.1, 0.15) is 0 Å². The van der Waals surface area contributed by atoms with Gasteiger partial charge in [0.15, 0.2) is 0 Å². The van der Waals surface area contributed by atoms with E-state index >= 15 is 0 Å². The van der Waals surface area contributed by atoms with Crippen LogP contribution in [0.5, 0.6) is 0 Å². The Bertz CT molecular complexity index is 553. The standard InChI is InChI=1S/C13H20N2O3S/c1-9(2)10(3)14-13(16)11-7-5-6-8-12(11)15-19(4,17)18/h5-10,15H,1-4H3,(H,14,16). The molecule has 0 saturated heterocycles. The predicted molar refractivity (Wildman–Crippen MR) is 76.7 cm³/mol. The summed E-state index contributed by atoms with van der Waals surface area (Å²) >= 11 is 0. The minimum atomic E-state index is -3.41. The van der Waals surface area contributed by atoms with Crippen LogP contribution in [0, 0.1) is 5.92 Å². The number of hydrogen-bond donors (Lipinski definition) is 2. The fraction of sp³-hybridized carbons (Fsp3) is 0.462. The van der Waals surface area contributed by atoms with Crippen LogP contribution >= 0.6 is 0 Å². The van der Waals surface area contributed by atoms with Gasteiger partial charge in [-0.1, -0.05) is 26.0 Å². The number of para-hydroxylation sites is 1. The van der Waals surface area contributed by atoms with Crippen LogP contribution in [0.15, 0.2) is 24.3 Å². The lowest BCUT2D eigenvalue weighted by Crippen LogP contribution is -2.36. The van der Waals surface area contributed by atoms with Crippen LogP contribution in [0.3, 0.4) is 0 Å². The van der Waals surface area contributed by atoms with Gasteiger partial charge in [-0.25, -0.2) is 8.42 Å². The molecule has 1 aromatic rings. The van der Waals surface area contributed by atoms with Gasteiger partial charge in [0.2, 0.25) is 10.0 Å². The summed E-state index contributed by atoms with van der Waals surface area (Å²) in [5.41, 5.74) is 0.610. The van der Waals surface area contributed by atoms with E-state index in [0.29, 0.717) is 17.2 Å². The van der Waals surface area contributed by atoms with Crippen molar-refractivity contribution in [3.05, 3.63) is 29.8 Å². The highest BCUT2D eigenvalue weighted by Gasteiger charge is 2.16. The van der Waals surface area contributed by atoms with Gasteiger partial charge in [-0.2, -0.15) is 0 Å². The third kappa shape index (κ3) is 4.90. The Morgan fingerprint density at radius 3 is 2.26 bits per heavy atom. The van der Waals surface area contributed by atoms with Gasteiger partial charge in [-0.05, 0) is 25.0 Å². The van der Waals surface area contributed by atoms with Gasteiger partial charge in [-0.15, -0.1) is 0 Å². The molecular weight excluding hydrogens is 264 g/mol. The number of carbonyl (C=O) groups is 1. The zero-order valence-corrected chi connectivity index (χ0v) is 12.4. The first kappa shape index (κ1) is 15.5. The van der Waals surface area contributed by atoms with Crippen molar-refractivity contribution in [3.63, 3.8) is 0 Å². The lowest BCUT2D eigenvalue weighted by Gasteiger charge is -2.18. The van der Waals surface area contributed by atoms with Gasteiger partial charge in [-0.3, -0.25) is 9.52 Å². The second-order valence-electron chi connectivity index (χ2n) is 4.93. The number of nitrogens with one attached hydrogen (secondary N) is 2. The molecule has 5 nitrogen and oxygen atoms in total. The second kappa shape index (κ2) is 6.06. The minimum absolute atomic E-state index is 0.0128. The summed E-state index contributed by atoms with van der Waals surface area (Å²) in [4.78, 5) is 12.1. The summed E-state index contributed by atoms with van der Waals surface area (Å²) in [5, 5.41) is 2.85. The van der Waals surface area contributed by atoms with Gasteiger partial charge in [0, 0.05) is 6.04 Å². The summed E-state index contributed by atoms with van der Waals surface area (Å²) < 4.78 is 24.9. The van der Waals surface area contributed by atoms with Crippen molar-refractivity contribution in [3.8, 4) is 0 Å². The topological polar surface area (TPSA) is 75.3 Å². The highest BCUT2D eigenvalue weighted by Crippen LogP contribution is 2.16. The molecule has 0 fully saturated rings. The fourth-order valence-electron chi connectivity index (χ4n) is 1.42. The molecule has 1 aromatic carbocycles. The molecule has 0 radical (unpaired) electrons. The molecule has 0 aromatic heterocycles. The van der Waals surface area contributed by atoms with E-state index < -0.39 is 10.0 Å². The predicted octanol–water partition coefficient (Wildman–Crippen LogP) is 1.83. The average molecular weight is 284 g/mol. The minimum Gasteiger partial charge on any atom is -0.349 e. The molecule has 1 rings (SSSR count). The molecule has 2 N–H and O–H groups in total. The van der Waals surface area contributed by atoms with Crippen LogP contribution in [0.25, 0.3) is 0 Å². The number of sulfonamides is 1. The quantitative estimate of drug-likeness (QED) is 0.866. The fourth-order valence-corrected chi connectivity index (χ4v) is 2.00. The second-order valence-corrected chi connectivity index (χ2v) is 6.67. The largest absolute Gasteiger partial charge is 0.349 e. The maximum Gasteiger partial charge on any atom is 0.253 e. The van der Waals surface area contributed by atoms with Crippen LogP contribution in [0.1, 0.15) is 31.1 Å². The zero-order chi connectivity index (χ0) is 14.6. The Morgan fingerprint density at radius 2 is 1.74 bits per heavy atom. The van der Waals surface area contributed by atoms with Crippen LogP contribution in [-0.2, 0) is 10.0 Å². The molecule has 0 saturated carbocycles. The summed E-state index contributed by atoms with van der Waals surface area (Å²) in [7, 11) is -3.41. The highest BCUT2D eigenvalue weighted by molar-refractivity contribution is 7.92. The normalized spacial score (nSPS) is 13.1. The Hall–Kier alpha value is -1.56. The van der Waals surface area contributed by atoms with Gasteiger partial charge in [0.05, 0.1) is 17.5 Å². The van der Waals surface area contributed by atoms with Crippen molar-refractivity contribution >= 4 is 21.6 Å². The first-order valence-corrected chi connectivity index (χ1v) is 7.97. The molecule has 0 bridgehead atoms. The van der Waals surface area contributed by atoms with Crippen LogP contribution in [-0.4, -0.2) is 26.6 Å². The number of hydrogen-bond acceptors (Lipinski definition) is 3. The number of benzene rings is 1. The molecule has 1 unspecified atom stereocenters. The third-order valence-electron chi connectivity index (χ3n) is 2.83. The molecule has 0 aliphatic carbocycles. The third-order valence-corrected chi connectivity index (χ3v) is 3.42. The maximum absolute atomic E-state index is 12.1. The zero-order valence-electron chi connectivity index (χ0n) is 11.6. The van der Waals surface area contributed by atoms with Crippen molar-refractivity contribution < 1.29 is 13.2 Å². The molecule has 6 heteroatoms. The van der Waals surface area contributed by atoms with Gasteiger partial charge < -0.3 is 5.32 Å². The van der Waals surface area contributed by atoms with E-state index in [-0.39, 0.29) is 11.9 Å².